The monoisotopic (exact) mass is 295 g/mol. The molecule has 1 aliphatic heterocycles. The summed E-state index contributed by atoms with van der Waals surface area (Å²) in [5.74, 6) is -0.971. The third kappa shape index (κ3) is 3.52. The van der Waals surface area contributed by atoms with Gasteiger partial charge in [-0.1, -0.05) is 17.7 Å². The van der Waals surface area contributed by atoms with Crippen molar-refractivity contribution in [3.63, 3.8) is 0 Å². The van der Waals surface area contributed by atoms with Crippen LogP contribution in [-0.2, 0) is 9.53 Å². The Morgan fingerprint density at radius 1 is 1.50 bits per heavy atom. The molecule has 1 heterocycles. The normalized spacial score (nSPS) is 23.2. The lowest BCUT2D eigenvalue weighted by Gasteiger charge is -2.39. The van der Waals surface area contributed by atoms with Crippen molar-refractivity contribution in [2.45, 2.75) is 26.0 Å². The number of benzene rings is 1. The Morgan fingerprint density at radius 2 is 2.25 bits per heavy atom. The van der Waals surface area contributed by atoms with Crippen LogP contribution in [0.15, 0.2) is 24.3 Å². The van der Waals surface area contributed by atoms with E-state index in [0.29, 0.717) is 11.6 Å². The van der Waals surface area contributed by atoms with Crippen molar-refractivity contribution in [3.8, 4) is 0 Å². The second kappa shape index (κ2) is 6.29. The van der Waals surface area contributed by atoms with Crippen molar-refractivity contribution in [3.05, 3.63) is 34.9 Å². The molecule has 1 aromatic carbocycles. The minimum absolute atomic E-state index is 0.175. The molecule has 1 fully saturated rings. The first-order valence-electron chi connectivity index (χ1n) is 6.56. The summed E-state index contributed by atoms with van der Waals surface area (Å²) < 4.78 is 5.61. The lowest BCUT2D eigenvalue weighted by Crippen LogP contribution is -2.47. The van der Waals surface area contributed by atoms with Crippen molar-refractivity contribution >= 4 is 29.3 Å². The zero-order valence-electron chi connectivity index (χ0n) is 11.5. The van der Waals surface area contributed by atoms with E-state index in [0.717, 1.165) is 23.9 Å². The highest BCUT2D eigenvalue weighted by Gasteiger charge is 2.24. The fourth-order valence-corrected chi connectivity index (χ4v) is 2.56. The van der Waals surface area contributed by atoms with Crippen molar-refractivity contribution in [1.82, 2.24) is 0 Å². The highest BCUT2D eigenvalue weighted by Crippen LogP contribution is 2.30. The van der Waals surface area contributed by atoms with Crippen molar-refractivity contribution in [1.29, 1.82) is 0 Å². The maximum absolute atomic E-state index is 10.5. The molecule has 0 spiro atoms. The van der Waals surface area contributed by atoms with Gasteiger partial charge in [-0.25, -0.2) is 4.79 Å². The highest BCUT2D eigenvalue weighted by atomic mass is 35.5. The van der Waals surface area contributed by atoms with Gasteiger partial charge in [0.15, 0.2) is 0 Å². The van der Waals surface area contributed by atoms with E-state index in [1.54, 1.807) is 6.07 Å². The summed E-state index contributed by atoms with van der Waals surface area (Å²) in [6.45, 7) is 5.61. The van der Waals surface area contributed by atoms with Gasteiger partial charge in [-0.3, -0.25) is 0 Å². The summed E-state index contributed by atoms with van der Waals surface area (Å²) in [5.41, 5.74) is 1.73. The fourth-order valence-electron chi connectivity index (χ4n) is 2.27. The van der Waals surface area contributed by atoms with Crippen LogP contribution in [-0.4, -0.2) is 36.4 Å². The van der Waals surface area contributed by atoms with E-state index in [2.05, 4.69) is 11.8 Å². The Bertz CT molecular complexity index is 530. The number of carboxylic acids is 1. The number of aliphatic carboxylic acids is 1. The second-order valence-corrected chi connectivity index (χ2v) is 5.43. The van der Waals surface area contributed by atoms with Gasteiger partial charge in [0.1, 0.15) is 0 Å². The molecule has 4 nitrogen and oxygen atoms in total. The molecule has 108 valence electrons. The molecular weight excluding hydrogens is 278 g/mol. The van der Waals surface area contributed by atoms with Crippen molar-refractivity contribution in [2.75, 3.05) is 18.1 Å². The average Bonchev–Trinajstić information content (AvgIpc) is 2.39. The lowest BCUT2D eigenvalue weighted by atomic mass is 10.1. The van der Waals surface area contributed by atoms with Gasteiger partial charge in [-0.05, 0) is 37.6 Å². The third-order valence-electron chi connectivity index (χ3n) is 3.31. The molecule has 5 heteroatoms. The number of carboxylic acid groups (broad SMARTS) is 1. The standard InChI is InChI=1S/C15H18ClNO3/c1-10-9-20-11(2)8-17(10)14-5-3-12(7-13(14)16)4-6-15(18)19/h3-7,10-11H,8-9H2,1-2H3,(H,18,19)/b6-4+. The Labute approximate surface area is 123 Å². The van der Waals surface area contributed by atoms with Gasteiger partial charge in [-0.2, -0.15) is 0 Å². The number of morpholine rings is 1. The van der Waals surface area contributed by atoms with E-state index in [4.69, 9.17) is 21.4 Å². The largest absolute Gasteiger partial charge is 0.478 e. The van der Waals surface area contributed by atoms with Gasteiger partial charge in [0.25, 0.3) is 0 Å². The zero-order chi connectivity index (χ0) is 14.7. The van der Waals surface area contributed by atoms with E-state index in [1.807, 2.05) is 19.1 Å². The van der Waals surface area contributed by atoms with Crippen LogP contribution in [0.4, 0.5) is 5.69 Å². The molecule has 2 unspecified atom stereocenters. The Kier molecular flexibility index (Phi) is 4.68. The molecular formula is C15H18ClNO3. The summed E-state index contributed by atoms with van der Waals surface area (Å²) in [7, 11) is 0. The average molecular weight is 296 g/mol. The van der Waals surface area contributed by atoms with Gasteiger partial charge in [0.2, 0.25) is 0 Å². The maximum atomic E-state index is 10.5. The number of nitrogens with zero attached hydrogens (tertiary/aromatic N) is 1. The molecule has 2 rings (SSSR count). The minimum Gasteiger partial charge on any atom is -0.478 e. The van der Waals surface area contributed by atoms with Gasteiger partial charge < -0.3 is 14.7 Å². The van der Waals surface area contributed by atoms with Crippen LogP contribution in [0.2, 0.25) is 5.02 Å². The van der Waals surface area contributed by atoms with Gasteiger partial charge >= 0.3 is 5.97 Å². The molecule has 0 amide bonds. The first kappa shape index (κ1) is 14.9. The number of anilines is 1. The van der Waals surface area contributed by atoms with Gasteiger partial charge in [0.05, 0.1) is 23.4 Å². The van der Waals surface area contributed by atoms with E-state index in [9.17, 15) is 4.79 Å². The lowest BCUT2D eigenvalue weighted by molar-refractivity contribution is -0.131. The van der Waals surface area contributed by atoms with Crippen LogP contribution in [0.25, 0.3) is 6.08 Å². The molecule has 2 atom stereocenters. The minimum atomic E-state index is -0.971. The Morgan fingerprint density at radius 3 is 2.90 bits per heavy atom. The molecule has 20 heavy (non-hydrogen) atoms. The van der Waals surface area contributed by atoms with Crippen LogP contribution in [0.1, 0.15) is 19.4 Å². The maximum Gasteiger partial charge on any atom is 0.328 e. The summed E-state index contributed by atoms with van der Waals surface area (Å²) in [6, 6.07) is 5.85. The molecule has 0 bridgehead atoms. The van der Waals surface area contributed by atoms with Crippen LogP contribution in [0, 0.1) is 0 Å². The molecule has 1 aromatic rings. The van der Waals surface area contributed by atoms with Gasteiger partial charge in [-0.15, -0.1) is 0 Å². The summed E-state index contributed by atoms with van der Waals surface area (Å²) in [4.78, 5) is 12.7. The summed E-state index contributed by atoms with van der Waals surface area (Å²) in [6.07, 6.45) is 2.81. The first-order valence-corrected chi connectivity index (χ1v) is 6.94. The second-order valence-electron chi connectivity index (χ2n) is 5.03. The van der Waals surface area contributed by atoms with E-state index in [1.165, 1.54) is 6.08 Å². The SMILES string of the molecule is CC1CN(c2ccc(/C=C/C(=O)O)cc2Cl)C(C)CO1. The smallest absolute Gasteiger partial charge is 0.328 e. The number of ether oxygens (including phenoxy) is 1. The van der Waals surface area contributed by atoms with Crippen LogP contribution in [0.3, 0.4) is 0 Å². The van der Waals surface area contributed by atoms with Crippen LogP contribution in [0.5, 0.6) is 0 Å². The van der Waals surface area contributed by atoms with E-state index in [-0.39, 0.29) is 12.1 Å². The van der Waals surface area contributed by atoms with Crippen LogP contribution >= 0.6 is 11.6 Å². The van der Waals surface area contributed by atoms with Crippen LogP contribution < -0.4 is 4.90 Å². The number of halogens is 1. The molecule has 1 saturated heterocycles. The predicted molar refractivity (Wildman–Crippen MR) is 80.3 cm³/mol. The fraction of sp³-hybridized carbons (Fsp3) is 0.400. The number of hydrogen-bond donors (Lipinski definition) is 1. The zero-order valence-corrected chi connectivity index (χ0v) is 12.3. The highest BCUT2D eigenvalue weighted by molar-refractivity contribution is 6.33. The molecule has 0 saturated carbocycles. The summed E-state index contributed by atoms with van der Waals surface area (Å²) >= 11 is 6.33. The van der Waals surface area contributed by atoms with E-state index >= 15 is 0 Å². The number of hydrogen-bond acceptors (Lipinski definition) is 3. The topological polar surface area (TPSA) is 49.8 Å². The molecule has 0 aliphatic carbocycles. The third-order valence-corrected chi connectivity index (χ3v) is 3.61. The molecule has 1 N–H and O–H groups in total. The van der Waals surface area contributed by atoms with Gasteiger partial charge in [0, 0.05) is 18.7 Å². The molecule has 0 aromatic heterocycles. The predicted octanol–water partition coefficient (Wildman–Crippen LogP) is 3.05. The molecule has 0 radical (unpaired) electrons. The molecule has 1 aliphatic rings. The number of carbonyl (C=O) groups is 1. The van der Waals surface area contributed by atoms with Crippen molar-refractivity contribution in [2.24, 2.45) is 0 Å². The Balaban J connectivity index is 2.22. The summed E-state index contributed by atoms with van der Waals surface area (Å²) in [5, 5.41) is 9.25. The quantitative estimate of drug-likeness (QED) is 0.871. The number of rotatable bonds is 3. The Hall–Kier alpha value is -1.52. The van der Waals surface area contributed by atoms with Crippen molar-refractivity contribution < 1.29 is 14.6 Å². The first-order chi connectivity index (χ1) is 9.47. The van der Waals surface area contributed by atoms with E-state index < -0.39 is 5.97 Å².